The molecule has 15 heavy (non-hydrogen) atoms. The standard InChI is InChI=1S/C11H13BrO3/c12-10-3-1-2-9(8-10)11(4-5-13)14-6-7-15-11/h1-3,8,13H,4-7H2. The van der Waals surface area contributed by atoms with Crippen molar-refractivity contribution in [2.24, 2.45) is 0 Å². The number of hydrogen-bond acceptors (Lipinski definition) is 3. The molecule has 0 aliphatic carbocycles. The summed E-state index contributed by atoms with van der Waals surface area (Å²) in [5, 5.41) is 9.05. The van der Waals surface area contributed by atoms with Gasteiger partial charge in [0.25, 0.3) is 0 Å². The summed E-state index contributed by atoms with van der Waals surface area (Å²) in [7, 11) is 0. The van der Waals surface area contributed by atoms with Crippen LogP contribution in [0.4, 0.5) is 0 Å². The molecule has 0 saturated carbocycles. The molecule has 82 valence electrons. The summed E-state index contributed by atoms with van der Waals surface area (Å²) in [5.41, 5.74) is 0.948. The fourth-order valence-corrected chi connectivity index (χ4v) is 2.18. The first kappa shape index (κ1) is 11.1. The van der Waals surface area contributed by atoms with Gasteiger partial charge in [-0.25, -0.2) is 0 Å². The lowest BCUT2D eigenvalue weighted by atomic mass is 10.0. The predicted octanol–water partition coefficient (Wildman–Crippen LogP) is 2.03. The molecule has 1 heterocycles. The van der Waals surface area contributed by atoms with Gasteiger partial charge in [-0.1, -0.05) is 28.1 Å². The Morgan fingerprint density at radius 2 is 2.07 bits per heavy atom. The molecule has 0 radical (unpaired) electrons. The van der Waals surface area contributed by atoms with Crippen LogP contribution < -0.4 is 0 Å². The van der Waals surface area contributed by atoms with E-state index in [1.165, 1.54) is 0 Å². The van der Waals surface area contributed by atoms with Gasteiger partial charge in [0, 0.05) is 23.1 Å². The average Bonchev–Trinajstić information content (AvgIpc) is 2.68. The molecule has 1 aromatic carbocycles. The number of aliphatic hydroxyl groups excluding tert-OH is 1. The SMILES string of the molecule is OCCC1(c2cccc(Br)c2)OCCO1. The third-order valence-electron chi connectivity index (χ3n) is 2.46. The summed E-state index contributed by atoms with van der Waals surface area (Å²) in [4.78, 5) is 0. The molecule has 0 spiro atoms. The highest BCUT2D eigenvalue weighted by Gasteiger charge is 2.37. The Balaban J connectivity index is 2.31. The predicted molar refractivity (Wildman–Crippen MR) is 59.4 cm³/mol. The van der Waals surface area contributed by atoms with Gasteiger partial charge in [-0.2, -0.15) is 0 Å². The number of aliphatic hydroxyl groups is 1. The molecule has 1 saturated heterocycles. The lowest BCUT2D eigenvalue weighted by Crippen LogP contribution is -2.28. The highest BCUT2D eigenvalue weighted by Crippen LogP contribution is 2.35. The summed E-state index contributed by atoms with van der Waals surface area (Å²) in [6.07, 6.45) is 0.462. The fraction of sp³-hybridized carbons (Fsp3) is 0.455. The van der Waals surface area contributed by atoms with Crippen molar-refractivity contribution >= 4 is 15.9 Å². The van der Waals surface area contributed by atoms with E-state index in [2.05, 4.69) is 15.9 Å². The minimum absolute atomic E-state index is 0.0481. The van der Waals surface area contributed by atoms with Crippen molar-refractivity contribution in [2.75, 3.05) is 19.8 Å². The molecule has 1 aliphatic heterocycles. The summed E-state index contributed by atoms with van der Waals surface area (Å²) >= 11 is 3.41. The van der Waals surface area contributed by atoms with Crippen LogP contribution >= 0.6 is 15.9 Å². The van der Waals surface area contributed by atoms with Crippen molar-refractivity contribution in [3.05, 3.63) is 34.3 Å². The van der Waals surface area contributed by atoms with Crippen LogP contribution in [-0.4, -0.2) is 24.9 Å². The van der Waals surface area contributed by atoms with Crippen LogP contribution in [0.5, 0.6) is 0 Å². The number of halogens is 1. The number of benzene rings is 1. The van der Waals surface area contributed by atoms with Gasteiger partial charge in [0.1, 0.15) is 0 Å². The number of ether oxygens (including phenoxy) is 2. The van der Waals surface area contributed by atoms with E-state index in [1.54, 1.807) is 0 Å². The summed E-state index contributed by atoms with van der Waals surface area (Å²) in [5.74, 6) is -0.751. The molecule has 3 nitrogen and oxygen atoms in total. The molecular formula is C11H13BrO3. The smallest absolute Gasteiger partial charge is 0.197 e. The van der Waals surface area contributed by atoms with E-state index in [4.69, 9.17) is 14.6 Å². The van der Waals surface area contributed by atoms with E-state index < -0.39 is 5.79 Å². The highest BCUT2D eigenvalue weighted by molar-refractivity contribution is 9.10. The van der Waals surface area contributed by atoms with Gasteiger partial charge in [-0.3, -0.25) is 0 Å². The molecule has 0 atom stereocenters. The van der Waals surface area contributed by atoms with Crippen molar-refractivity contribution < 1.29 is 14.6 Å². The van der Waals surface area contributed by atoms with Crippen LogP contribution in [0.2, 0.25) is 0 Å². The molecule has 0 unspecified atom stereocenters. The zero-order valence-corrected chi connectivity index (χ0v) is 9.87. The topological polar surface area (TPSA) is 38.7 Å². The second-order valence-corrected chi connectivity index (χ2v) is 4.35. The van der Waals surface area contributed by atoms with Crippen LogP contribution in [0.25, 0.3) is 0 Å². The van der Waals surface area contributed by atoms with Crippen molar-refractivity contribution in [2.45, 2.75) is 12.2 Å². The third kappa shape index (κ3) is 2.23. The van der Waals surface area contributed by atoms with Gasteiger partial charge in [0.15, 0.2) is 5.79 Å². The Labute approximate surface area is 97.1 Å². The van der Waals surface area contributed by atoms with Gasteiger partial charge < -0.3 is 14.6 Å². The van der Waals surface area contributed by atoms with Gasteiger partial charge in [-0.05, 0) is 12.1 Å². The summed E-state index contributed by atoms with van der Waals surface area (Å²) in [6, 6.07) is 7.79. The Hall–Kier alpha value is -0.420. The van der Waals surface area contributed by atoms with Gasteiger partial charge in [0.05, 0.1) is 13.2 Å². The molecular weight excluding hydrogens is 260 g/mol. The second-order valence-electron chi connectivity index (χ2n) is 3.43. The number of hydrogen-bond donors (Lipinski definition) is 1. The van der Waals surface area contributed by atoms with Crippen molar-refractivity contribution in [3.8, 4) is 0 Å². The molecule has 4 heteroatoms. The van der Waals surface area contributed by atoms with Gasteiger partial charge in [-0.15, -0.1) is 0 Å². The summed E-state index contributed by atoms with van der Waals surface area (Å²) in [6.45, 7) is 1.20. The molecule has 1 N–H and O–H groups in total. The first-order valence-corrected chi connectivity index (χ1v) is 5.71. The van der Waals surface area contributed by atoms with Gasteiger partial charge >= 0.3 is 0 Å². The first-order chi connectivity index (χ1) is 7.27. The first-order valence-electron chi connectivity index (χ1n) is 4.92. The van der Waals surface area contributed by atoms with Crippen molar-refractivity contribution in [1.29, 1.82) is 0 Å². The van der Waals surface area contributed by atoms with E-state index in [0.29, 0.717) is 19.6 Å². The van der Waals surface area contributed by atoms with E-state index in [1.807, 2.05) is 24.3 Å². The second kappa shape index (κ2) is 4.61. The van der Waals surface area contributed by atoms with Crippen LogP contribution in [0, 0.1) is 0 Å². The Morgan fingerprint density at radius 1 is 1.33 bits per heavy atom. The molecule has 2 rings (SSSR count). The molecule has 1 aromatic rings. The lowest BCUT2D eigenvalue weighted by Gasteiger charge is -2.27. The van der Waals surface area contributed by atoms with E-state index in [9.17, 15) is 0 Å². The monoisotopic (exact) mass is 272 g/mol. The largest absolute Gasteiger partial charge is 0.396 e. The van der Waals surface area contributed by atoms with E-state index in [-0.39, 0.29) is 6.61 Å². The van der Waals surface area contributed by atoms with E-state index in [0.717, 1.165) is 10.0 Å². The van der Waals surface area contributed by atoms with Crippen molar-refractivity contribution in [1.82, 2.24) is 0 Å². The minimum Gasteiger partial charge on any atom is -0.396 e. The zero-order chi connectivity index (χ0) is 10.7. The zero-order valence-electron chi connectivity index (χ0n) is 8.28. The molecule has 0 amide bonds. The van der Waals surface area contributed by atoms with Crippen LogP contribution in [-0.2, 0) is 15.3 Å². The fourth-order valence-electron chi connectivity index (χ4n) is 1.78. The Morgan fingerprint density at radius 3 is 2.67 bits per heavy atom. The normalized spacial score (nSPS) is 19.3. The highest BCUT2D eigenvalue weighted by atomic mass is 79.9. The quantitative estimate of drug-likeness (QED) is 0.915. The maximum Gasteiger partial charge on any atom is 0.197 e. The van der Waals surface area contributed by atoms with Gasteiger partial charge in [0.2, 0.25) is 0 Å². The maximum absolute atomic E-state index is 9.05. The van der Waals surface area contributed by atoms with Crippen molar-refractivity contribution in [3.63, 3.8) is 0 Å². The van der Waals surface area contributed by atoms with Crippen LogP contribution in [0.15, 0.2) is 28.7 Å². The molecule has 1 fully saturated rings. The third-order valence-corrected chi connectivity index (χ3v) is 2.95. The molecule has 0 bridgehead atoms. The number of rotatable bonds is 3. The Bertz CT molecular complexity index is 334. The lowest BCUT2D eigenvalue weighted by molar-refractivity contribution is -0.175. The van der Waals surface area contributed by atoms with E-state index >= 15 is 0 Å². The Kier molecular flexibility index (Phi) is 3.41. The van der Waals surface area contributed by atoms with Crippen LogP contribution in [0.3, 0.4) is 0 Å². The average molecular weight is 273 g/mol. The maximum atomic E-state index is 9.05. The molecule has 0 aromatic heterocycles. The molecule has 1 aliphatic rings. The van der Waals surface area contributed by atoms with Crippen LogP contribution in [0.1, 0.15) is 12.0 Å². The minimum atomic E-state index is -0.751. The summed E-state index contributed by atoms with van der Waals surface area (Å²) < 4.78 is 12.2.